The van der Waals surface area contributed by atoms with Gasteiger partial charge in [0.2, 0.25) is 11.8 Å². The molecule has 0 radical (unpaired) electrons. The number of hydrogen-bond donors (Lipinski definition) is 2. The van der Waals surface area contributed by atoms with E-state index >= 15 is 0 Å². The van der Waals surface area contributed by atoms with Crippen molar-refractivity contribution in [3.63, 3.8) is 0 Å². The normalized spacial score (nSPS) is 12.1. The molecule has 0 bridgehead atoms. The lowest BCUT2D eigenvalue weighted by Gasteiger charge is -2.21. The maximum atomic E-state index is 12.2. The van der Waals surface area contributed by atoms with Gasteiger partial charge in [0, 0.05) is 12.6 Å². The van der Waals surface area contributed by atoms with Crippen LogP contribution < -0.4 is 10.6 Å². The Morgan fingerprint density at radius 3 is 2.26 bits per heavy atom. The van der Waals surface area contributed by atoms with Gasteiger partial charge < -0.3 is 10.6 Å². The van der Waals surface area contributed by atoms with Gasteiger partial charge in [-0.25, -0.2) is 0 Å². The standard InChI is InChI=1S/C15H22N2O2/c1-9(2)14(16-12(5)18)15(19)17-13-7-6-10(3)8-11(13)4/h6-9,14H,1-5H3,(H,16,18)(H,17,19). The summed E-state index contributed by atoms with van der Waals surface area (Å²) in [4.78, 5) is 23.3. The highest BCUT2D eigenvalue weighted by Gasteiger charge is 2.23. The molecule has 104 valence electrons. The molecule has 0 saturated heterocycles. The Bertz CT molecular complexity index is 481. The van der Waals surface area contributed by atoms with Crippen LogP contribution in [0.4, 0.5) is 5.69 Å². The van der Waals surface area contributed by atoms with Gasteiger partial charge >= 0.3 is 0 Å². The van der Waals surface area contributed by atoms with E-state index in [1.165, 1.54) is 6.92 Å². The van der Waals surface area contributed by atoms with E-state index in [0.717, 1.165) is 16.8 Å². The zero-order valence-corrected chi connectivity index (χ0v) is 12.2. The van der Waals surface area contributed by atoms with E-state index in [2.05, 4.69) is 10.6 Å². The maximum absolute atomic E-state index is 12.2. The molecule has 0 aliphatic carbocycles. The van der Waals surface area contributed by atoms with Crippen LogP contribution in [0.2, 0.25) is 0 Å². The summed E-state index contributed by atoms with van der Waals surface area (Å²) >= 11 is 0. The topological polar surface area (TPSA) is 58.2 Å². The highest BCUT2D eigenvalue weighted by Crippen LogP contribution is 2.17. The molecular weight excluding hydrogens is 240 g/mol. The van der Waals surface area contributed by atoms with E-state index < -0.39 is 6.04 Å². The Kier molecular flexibility index (Phi) is 5.10. The van der Waals surface area contributed by atoms with Crippen LogP contribution in [-0.4, -0.2) is 17.9 Å². The highest BCUT2D eigenvalue weighted by molar-refractivity contribution is 5.97. The van der Waals surface area contributed by atoms with Crippen molar-refractivity contribution in [2.24, 2.45) is 5.92 Å². The molecule has 0 fully saturated rings. The minimum absolute atomic E-state index is 0.0367. The molecule has 1 atom stereocenters. The van der Waals surface area contributed by atoms with E-state index in [4.69, 9.17) is 0 Å². The largest absolute Gasteiger partial charge is 0.344 e. The number of rotatable bonds is 4. The minimum Gasteiger partial charge on any atom is -0.344 e. The lowest BCUT2D eigenvalue weighted by Crippen LogP contribution is -2.46. The first kappa shape index (κ1) is 15.2. The fraction of sp³-hybridized carbons (Fsp3) is 0.467. The van der Waals surface area contributed by atoms with Gasteiger partial charge in [0.25, 0.3) is 0 Å². The molecule has 0 spiro atoms. The molecule has 0 aromatic heterocycles. The molecule has 19 heavy (non-hydrogen) atoms. The maximum Gasteiger partial charge on any atom is 0.247 e. The van der Waals surface area contributed by atoms with Crippen molar-refractivity contribution in [2.45, 2.75) is 40.7 Å². The number of carbonyl (C=O) groups excluding carboxylic acids is 2. The van der Waals surface area contributed by atoms with Gasteiger partial charge in [0.05, 0.1) is 0 Å². The Morgan fingerprint density at radius 1 is 1.16 bits per heavy atom. The number of carbonyl (C=O) groups is 2. The summed E-state index contributed by atoms with van der Waals surface area (Å²) in [5.74, 6) is -0.346. The van der Waals surface area contributed by atoms with Crippen molar-refractivity contribution < 1.29 is 9.59 Å². The summed E-state index contributed by atoms with van der Waals surface area (Å²) in [6, 6.07) is 5.33. The molecule has 4 nitrogen and oxygen atoms in total. The third-order valence-corrected chi connectivity index (χ3v) is 2.95. The van der Waals surface area contributed by atoms with Gasteiger partial charge in [0.15, 0.2) is 0 Å². The molecule has 1 rings (SSSR count). The van der Waals surface area contributed by atoms with Crippen LogP contribution in [0.25, 0.3) is 0 Å². The minimum atomic E-state index is -0.516. The average molecular weight is 262 g/mol. The molecule has 4 heteroatoms. The molecule has 1 unspecified atom stereocenters. The summed E-state index contributed by atoms with van der Waals surface area (Å²) < 4.78 is 0. The van der Waals surface area contributed by atoms with Gasteiger partial charge in [-0.2, -0.15) is 0 Å². The zero-order valence-electron chi connectivity index (χ0n) is 12.2. The fourth-order valence-electron chi connectivity index (χ4n) is 1.92. The fourth-order valence-corrected chi connectivity index (χ4v) is 1.92. The monoisotopic (exact) mass is 262 g/mol. The van der Waals surface area contributed by atoms with Crippen molar-refractivity contribution in [2.75, 3.05) is 5.32 Å². The Labute approximate surface area is 114 Å². The molecule has 0 aliphatic rings. The van der Waals surface area contributed by atoms with Crippen LogP contribution in [0, 0.1) is 19.8 Å². The van der Waals surface area contributed by atoms with Crippen molar-refractivity contribution in [1.82, 2.24) is 5.32 Å². The van der Waals surface area contributed by atoms with E-state index in [1.54, 1.807) is 0 Å². The molecule has 1 aromatic rings. The van der Waals surface area contributed by atoms with Gasteiger partial charge in [-0.3, -0.25) is 9.59 Å². The van der Waals surface area contributed by atoms with Crippen molar-refractivity contribution in [3.05, 3.63) is 29.3 Å². The predicted molar refractivity (Wildman–Crippen MR) is 77.0 cm³/mol. The average Bonchev–Trinajstić information content (AvgIpc) is 2.29. The zero-order chi connectivity index (χ0) is 14.6. The molecular formula is C15H22N2O2. The smallest absolute Gasteiger partial charge is 0.247 e. The molecule has 0 heterocycles. The number of anilines is 1. The summed E-state index contributed by atoms with van der Waals surface area (Å²) in [5, 5.41) is 5.55. The third-order valence-electron chi connectivity index (χ3n) is 2.95. The second-order valence-corrected chi connectivity index (χ2v) is 5.23. The number of nitrogens with one attached hydrogen (secondary N) is 2. The molecule has 2 amide bonds. The Morgan fingerprint density at radius 2 is 1.79 bits per heavy atom. The van der Waals surface area contributed by atoms with Gasteiger partial charge in [-0.05, 0) is 31.4 Å². The van der Waals surface area contributed by atoms with Crippen LogP contribution in [0.15, 0.2) is 18.2 Å². The Hall–Kier alpha value is -1.84. The van der Waals surface area contributed by atoms with E-state index in [-0.39, 0.29) is 17.7 Å². The second kappa shape index (κ2) is 6.36. The third kappa shape index (κ3) is 4.39. The first-order chi connectivity index (χ1) is 8.81. The Balaban J connectivity index is 2.84. The first-order valence-electron chi connectivity index (χ1n) is 6.46. The van der Waals surface area contributed by atoms with Crippen molar-refractivity contribution in [3.8, 4) is 0 Å². The van der Waals surface area contributed by atoms with Gasteiger partial charge in [0.1, 0.15) is 6.04 Å². The molecule has 2 N–H and O–H groups in total. The number of hydrogen-bond acceptors (Lipinski definition) is 2. The van der Waals surface area contributed by atoms with Crippen LogP contribution >= 0.6 is 0 Å². The van der Waals surface area contributed by atoms with Crippen LogP contribution in [0.5, 0.6) is 0 Å². The predicted octanol–water partition coefficient (Wildman–Crippen LogP) is 2.40. The van der Waals surface area contributed by atoms with E-state index in [0.29, 0.717) is 0 Å². The number of benzene rings is 1. The number of aryl methyl sites for hydroxylation is 2. The lowest BCUT2D eigenvalue weighted by atomic mass is 10.0. The van der Waals surface area contributed by atoms with E-state index in [1.807, 2.05) is 45.9 Å². The van der Waals surface area contributed by atoms with Crippen LogP contribution in [-0.2, 0) is 9.59 Å². The van der Waals surface area contributed by atoms with Gasteiger partial charge in [-0.15, -0.1) is 0 Å². The molecule has 1 aromatic carbocycles. The SMILES string of the molecule is CC(=O)NC(C(=O)Nc1ccc(C)cc1C)C(C)C. The van der Waals surface area contributed by atoms with Crippen LogP contribution in [0.1, 0.15) is 31.9 Å². The summed E-state index contributed by atoms with van der Waals surface area (Å²) in [6.45, 7) is 9.18. The first-order valence-corrected chi connectivity index (χ1v) is 6.46. The lowest BCUT2D eigenvalue weighted by molar-refractivity contribution is -0.126. The van der Waals surface area contributed by atoms with Crippen molar-refractivity contribution in [1.29, 1.82) is 0 Å². The highest BCUT2D eigenvalue weighted by atomic mass is 16.2. The van der Waals surface area contributed by atoms with E-state index in [9.17, 15) is 9.59 Å². The molecule has 0 aliphatic heterocycles. The quantitative estimate of drug-likeness (QED) is 0.875. The summed E-state index contributed by atoms with van der Waals surface area (Å²) in [7, 11) is 0. The molecule has 0 saturated carbocycles. The van der Waals surface area contributed by atoms with Crippen molar-refractivity contribution >= 4 is 17.5 Å². The van der Waals surface area contributed by atoms with Crippen LogP contribution in [0.3, 0.4) is 0 Å². The second-order valence-electron chi connectivity index (χ2n) is 5.23. The summed E-state index contributed by atoms with van der Waals surface area (Å²) in [6.07, 6.45) is 0. The number of amides is 2. The summed E-state index contributed by atoms with van der Waals surface area (Å²) in [5.41, 5.74) is 2.95. The van der Waals surface area contributed by atoms with Gasteiger partial charge in [-0.1, -0.05) is 31.5 Å².